The van der Waals surface area contributed by atoms with Crippen molar-refractivity contribution in [1.29, 1.82) is 0 Å². The lowest BCUT2D eigenvalue weighted by Gasteiger charge is -2.11. The van der Waals surface area contributed by atoms with Crippen molar-refractivity contribution in [3.63, 3.8) is 0 Å². The van der Waals surface area contributed by atoms with Crippen molar-refractivity contribution in [2.45, 2.75) is 6.92 Å². The standard InChI is InChI=1S/C14H10Cl3N3O3/c1-7-4-13(20(22)23)11(17)6-12(7)19-14(21)18-8-2-3-9(15)10(16)5-8/h2-6H,1H3,(H2,18,19,21). The zero-order valence-corrected chi connectivity index (χ0v) is 14.0. The summed E-state index contributed by atoms with van der Waals surface area (Å²) in [5.74, 6) is 0. The summed E-state index contributed by atoms with van der Waals surface area (Å²) in [4.78, 5) is 22.2. The van der Waals surface area contributed by atoms with Crippen molar-refractivity contribution in [3.05, 3.63) is 61.1 Å². The summed E-state index contributed by atoms with van der Waals surface area (Å²) < 4.78 is 0. The first-order valence-electron chi connectivity index (χ1n) is 6.25. The molecule has 2 amide bonds. The fourth-order valence-electron chi connectivity index (χ4n) is 1.80. The van der Waals surface area contributed by atoms with Crippen molar-refractivity contribution < 1.29 is 9.72 Å². The predicted molar refractivity (Wildman–Crippen MR) is 91.9 cm³/mol. The Kier molecular flexibility index (Phi) is 5.30. The van der Waals surface area contributed by atoms with E-state index < -0.39 is 11.0 Å². The van der Waals surface area contributed by atoms with E-state index in [4.69, 9.17) is 34.8 Å². The second-order valence-electron chi connectivity index (χ2n) is 4.58. The molecule has 0 aliphatic carbocycles. The number of nitrogens with zero attached hydrogens (tertiary/aromatic N) is 1. The third-order valence-electron chi connectivity index (χ3n) is 2.92. The number of hydrogen-bond donors (Lipinski definition) is 2. The van der Waals surface area contributed by atoms with Crippen molar-refractivity contribution >= 4 is 57.9 Å². The van der Waals surface area contributed by atoms with E-state index in [0.29, 0.717) is 27.0 Å². The van der Waals surface area contributed by atoms with Gasteiger partial charge in [0.2, 0.25) is 0 Å². The summed E-state index contributed by atoms with van der Waals surface area (Å²) in [6, 6.07) is 6.70. The van der Waals surface area contributed by atoms with Crippen molar-refractivity contribution in [3.8, 4) is 0 Å². The SMILES string of the molecule is Cc1cc([N+](=O)[O-])c(Cl)cc1NC(=O)Nc1ccc(Cl)c(Cl)c1. The molecule has 2 aromatic carbocycles. The molecule has 0 saturated heterocycles. The molecule has 9 heteroatoms. The van der Waals surface area contributed by atoms with Crippen molar-refractivity contribution in [1.82, 2.24) is 0 Å². The number of nitro benzene ring substituents is 1. The summed E-state index contributed by atoms with van der Waals surface area (Å²) in [6.07, 6.45) is 0. The van der Waals surface area contributed by atoms with Crippen LogP contribution in [0.1, 0.15) is 5.56 Å². The van der Waals surface area contributed by atoms with Crippen LogP contribution in [-0.2, 0) is 0 Å². The van der Waals surface area contributed by atoms with E-state index in [1.54, 1.807) is 19.1 Å². The molecule has 0 bridgehead atoms. The van der Waals surface area contributed by atoms with Gasteiger partial charge in [-0.15, -0.1) is 0 Å². The molecule has 0 aliphatic rings. The lowest BCUT2D eigenvalue weighted by molar-refractivity contribution is -0.384. The van der Waals surface area contributed by atoms with E-state index in [0.717, 1.165) is 0 Å². The molecule has 120 valence electrons. The minimum Gasteiger partial charge on any atom is -0.308 e. The summed E-state index contributed by atoms with van der Waals surface area (Å²) >= 11 is 17.5. The summed E-state index contributed by atoms with van der Waals surface area (Å²) in [7, 11) is 0. The molecule has 2 N–H and O–H groups in total. The molecule has 0 aromatic heterocycles. The molecule has 23 heavy (non-hydrogen) atoms. The Labute approximate surface area is 146 Å². The molecule has 2 aromatic rings. The van der Waals surface area contributed by atoms with Crippen LogP contribution < -0.4 is 10.6 Å². The van der Waals surface area contributed by atoms with Gasteiger partial charge in [0.25, 0.3) is 5.69 Å². The average molecular weight is 375 g/mol. The molecule has 0 radical (unpaired) electrons. The minimum atomic E-state index is -0.588. The Hall–Kier alpha value is -2.02. The normalized spacial score (nSPS) is 10.3. The lowest BCUT2D eigenvalue weighted by Crippen LogP contribution is -2.20. The van der Waals surface area contributed by atoms with Gasteiger partial charge < -0.3 is 10.6 Å². The Bertz CT molecular complexity index is 796. The molecule has 0 unspecified atom stereocenters. The quantitative estimate of drug-likeness (QED) is 0.549. The molecular formula is C14H10Cl3N3O3. The second-order valence-corrected chi connectivity index (χ2v) is 5.81. The van der Waals surface area contributed by atoms with Gasteiger partial charge in [0.15, 0.2) is 0 Å². The van der Waals surface area contributed by atoms with Gasteiger partial charge in [0.05, 0.1) is 15.0 Å². The fraction of sp³-hybridized carbons (Fsp3) is 0.0714. The van der Waals surface area contributed by atoms with Crippen LogP contribution >= 0.6 is 34.8 Å². The highest BCUT2D eigenvalue weighted by molar-refractivity contribution is 6.42. The van der Waals surface area contributed by atoms with Crippen LogP contribution in [0, 0.1) is 17.0 Å². The summed E-state index contributed by atoms with van der Waals surface area (Å²) in [6.45, 7) is 1.62. The number of carbonyl (C=O) groups excluding carboxylic acids is 1. The molecule has 0 saturated carbocycles. The van der Waals surface area contributed by atoms with Crippen LogP contribution in [-0.4, -0.2) is 11.0 Å². The minimum absolute atomic E-state index is 0.0644. The lowest BCUT2D eigenvalue weighted by atomic mass is 10.2. The monoisotopic (exact) mass is 373 g/mol. The molecule has 0 spiro atoms. The number of aryl methyl sites for hydroxylation is 1. The third kappa shape index (κ3) is 4.25. The maximum absolute atomic E-state index is 12.0. The average Bonchev–Trinajstić information content (AvgIpc) is 2.46. The van der Waals surface area contributed by atoms with E-state index >= 15 is 0 Å². The van der Waals surface area contributed by atoms with E-state index in [-0.39, 0.29) is 10.7 Å². The Morgan fingerprint density at radius 1 is 1.04 bits per heavy atom. The zero-order valence-electron chi connectivity index (χ0n) is 11.7. The van der Waals surface area contributed by atoms with E-state index in [9.17, 15) is 14.9 Å². The first-order valence-corrected chi connectivity index (χ1v) is 7.39. The van der Waals surface area contributed by atoms with Crippen molar-refractivity contribution in [2.75, 3.05) is 10.6 Å². The van der Waals surface area contributed by atoms with E-state index in [2.05, 4.69) is 10.6 Å². The number of hydrogen-bond acceptors (Lipinski definition) is 3. The van der Waals surface area contributed by atoms with Gasteiger partial charge in [-0.2, -0.15) is 0 Å². The first-order chi connectivity index (χ1) is 10.8. The number of nitro groups is 1. The maximum atomic E-state index is 12.0. The molecule has 0 atom stereocenters. The number of anilines is 2. The number of carbonyl (C=O) groups is 1. The number of benzene rings is 2. The Morgan fingerprint density at radius 2 is 1.74 bits per heavy atom. The fourth-order valence-corrected chi connectivity index (χ4v) is 2.33. The molecular weight excluding hydrogens is 365 g/mol. The van der Waals surface area contributed by atoms with Crippen LogP contribution in [0.5, 0.6) is 0 Å². The number of urea groups is 1. The van der Waals surface area contributed by atoms with Gasteiger partial charge in [0, 0.05) is 17.4 Å². The summed E-state index contributed by atoms with van der Waals surface area (Å²) in [5, 5.41) is 16.6. The third-order valence-corrected chi connectivity index (χ3v) is 3.96. The summed E-state index contributed by atoms with van der Waals surface area (Å²) in [5.41, 5.74) is 1.09. The van der Waals surface area contributed by atoms with E-state index in [1.165, 1.54) is 18.2 Å². The van der Waals surface area contributed by atoms with Gasteiger partial charge in [-0.05, 0) is 36.8 Å². The topological polar surface area (TPSA) is 84.3 Å². The van der Waals surface area contributed by atoms with Gasteiger partial charge in [-0.3, -0.25) is 10.1 Å². The zero-order chi connectivity index (χ0) is 17.1. The highest BCUT2D eigenvalue weighted by atomic mass is 35.5. The highest BCUT2D eigenvalue weighted by Gasteiger charge is 2.16. The van der Waals surface area contributed by atoms with Crippen LogP contribution in [0.4, 0.5) is 21.9 Å². The molecule has 0 heterocycles. The second kappa shape index (κ2) is 7.04. The molecule has 6 nitrogen and oxygen atoms in total. The molecule has 0 aliphatic heterocycles. The van der Waals surface area contributed by atoms with Crippen molar-refractivity contribution in [2.24, 2.45) is 0 Å². The first kappa shape index (κ1) is 17.3. The predicted octanol–water partition coefficient (Wildman–Crippen LogP) is 5.51. The molecule has 0 fully saturated rings. The van der Waals surface area contributed by atoms with Gasteiger partial charge in [-0.25, -0.2) is 4.79 Å². The van der Waals surface area contributed by atoms with Crippen LogP contribution in [0.3, 0.4) is 0 Å². The van der Waals surface area contributed by atoms with Gasteiger partial charge >= 0.3 is 6.03 Å². The number of nitrogens with one attached hydrogen (secondary N) is 2. The van der Waals surface area contributed by atoms with Gasteiger partial charge in [0.1, 0.15) is 5.02 Å². The molecule has 2 rings (SSSR count). The number of halogens is 3. The Morgan fingerprint density at radius 3 is 2.35 bits per heavy atom. The largest absolute Gasteiger partial charge is 0.323 e. The highest BCUT2D eigenvalue weighted by Crippen LogP contribution is 2.31. The number of rotatable bonds is 3. The maximum Gasteiger partial charge on any atom is 0.323 e. The van der Waals surface area contributed by atoms with E-state index in [1.807, 2.05) is 0 Å². The van der Waals surface area contributed by atoms with Crippen LogP contribution in [0.15, 0.2) is 30.3 Å². The smallest absolute Gasteiger partial charge is 0.308 e. The number of amides is 2. The van der Waals surface area contributed by atoms with Crippen LogP contribution in [0.2, 0.25) is 15.1 Å². The van der Waals surface area contributed by atoms with Gasteiger partial charge in [-0.1, -0.05) is 34.8 Å². The Balaban J connectivity index is 2.15. The van der Waals surface area contributed by atoms with Crippen LogP contribution in [0.25, 0.3) is 0 Å².